The molecule has 1 aromatic carbocycles. The minimum Gasteiger partial charge on any atom is -0.494 e. The van der Waals surface area contributed by atoms with Crippen LogP contribution in [-0.2, 0) is 4.74 Å². The lowest BCUT2D eigenvalue weighted by atomic mass is 10.0. The summed E-state index contributed by atoms with van der Waals surface area (Å²) in [6.45, 7) is 9.69. The fraction of sp³-hybridized carbons (Fsp3) is 0.700. The molecule has 4 heteroatoms. The van der Waals surface area contributed by atoms with Gasteiger partial charge in [-0.2, -0.15) is 0 Å². The van der Waals surface area contributed by atoms with E-state index in [1.165, 1.54) is 45.4 Å². The Morgan fingerprint density at radius 2 is 2.00 bits per heavy atom. The number of ether oxygens (including phenoxy) is 2. The molecule has 134 valence electrons. The number of morpholine rings is 1. The van der Waals surface area contributed by atoms with E-state index in [2.05, 4.69) is 16.7 Å². The number of hydrogen-bond donors (Lipinski definition) is 0. The zero-order valence-corrected chi connectivity index (χ0v) is 15.0. The summed E-state index contributed by atoms with van der Waals surface area (Å²) in [6.07, 6.45) is 4.85. The number of para-hydroxylation sites is 1. The fourth-order valence-electron chi connectivity index (χ4n) is 3.93. The van der Waals surface area contributed by atoms with Crippen LogP contribution < -0.4 is 4.74 Å². The third-order valence-corrected chi connectivity index (χ3v) is 5.20. The molecule has 4 nitrogen and oxygen atoms in total. The van der Waals surface area contributed by atoms with E-state index < -0.39 is 0 Å². The minimum atomic E-state index is 0.601. The summed E-state index contributed by atoms with van der Waals surface area (Å²) in [4.78, 5) is 5.32. The molecule has 2 fully saturated rings. The van der Waals surface area contributed by atoms with E-state index in [-0.39, 0.29) is 0 Å². The van der Waals surface area contributed by atoms with E-state index in [9.17, 15) is 0 Å². The summed E-state index contributed by atoms with van der Waals surface area (Å²) in [5.74, 6) is 0.979. The lowest BCUT2D eigenvalue weighted by Gasteiger charge is -2.48. The summed E-state index contributed by atoms with van der Waals surface area (Å²) in [5, 5.41) is 0. The van der Waals surface area contributed by atoms with Gasteiger partial charge in [-0.15, -0.1) is 0 Å². The second kappa shape index (κ2) is 9.40. The fourth-order valence-corrected chi connectivity index (χ4v) is 3.93. The highest BCUT2D eigenvalue weighted by Gasteiger charge is 2.34. The Bertz CT molecular complexity index is 466. The maximum Gasteiger partial charge on any atom is 0.119 e. The van der Waals surface area contributed by atoms with Crippen molar-refractivity contribution in [2.24, 2.45) is 0 Å². The summed E-state index contributed by atoms with van der Waals surface area (Å²) >= 11 is 0. The molecule has 24 heavy (non-hydrogen) atoms. The molecule has 3 rings (SSSR count). The summed E-state index contributed by atoms with van der Waals surface area (Å²) in [6, 6.07) is 11.4. The number of unbranched alkanes of at least 4 members (excludes halogenated alkanes) is 1. The lowest BCUT2D eigenvalue weighted by molar-refractivity contribution is -0.0829. The molecule has 2 saturated heterocycles. The Hall–Kier alpha value is -1.10. The first-order chi connectivity index (χ1) is 11.9. The van der Waals surface area contributed by atoms with Gasteiger partial charge in [-0.1, -0.05) is 31.5 Å². The van der Waals surface area contributed by atoms with Gasteiger partial charge >= 0.3 is 0 Å². The molecule has 2 atom stereocenters. The highest BCUT2D eigenvalue weighted by atomic mass is 16.5. The summed E-state index contributed by atoms with van der Waals surface area (Å²) in [5.41, 5.74) is 0. The van der Waals surface area contributed by atoms with Crippen molar-refractivity contribution < 1.29 is 9.47 Å². The van der Waals surface area contributed by atoms with Crippen LogP contribution >= 0.6 is 0 Å². The molecule has 0 saturated carbocycles. The zero-order chi connectivity index (χ0) is 16.6. The minimum absolute atomic E-state index is 0.601. The molecule has 2 aliphatic heterocycles. The third kappa shape index (κ3) is 4.95. The first-order valence-corrected chi connectivity index (χ1v) is 9.60. The van der Waals surface area contributed by atoms with Gasteiger partial charge < -0.3 is 14.4 Å². The van der Waals surface area contributed by atoms with Crippen LogP contribution in [0, 0.1) is 0 Å². The van der Waals surface area contributed by atoms with Gasteiger partial charge in [-0.3, -0.25) is 4.90 Å². The summed E-state index contributed by atoms with van der Waals surface area (Å²) < 4.78 is 11.6. The molecule has 0 aliphatic carbocycles. The van der Waals surface area contributed by atoms with E-state index in [4.69, 9.17) is 9.47 Å². The quantitative estimate of drug-likeness (QED) is 0.683. The monoisotopic (exact) mass is 332 g/mol. The first-order valence-electron chi connectivity index (χ1n) is 9.60. The first kappa shape index (κ1) is 17.7. The number of fused-ring (bicyclic) bond motifs is 1. The lowest BCUT2D eigenvalue weighted by Crippen LogP contribution is -2.61. The van der Waals surface area contributed by atoms with Crippen LogP contribution in [-0.4, -0.2) is 67.9 Å². The van der Waals surface area contributed by atoms with Crippen molar-refractivity contribution >= 4 is 0 Å². The van der Waals surface area contributed by atoms with Crippen LogP contribution in [0.2, 0.25) is 0 Å². The van der Waals surface area contributed by atoms with Crippen molar-refractivity contribution in [2.45, 2.75) is 44.7 Å². The number of benzene rings is 1. The zero-order valence-electron chi connectivity index (χ0n) is 15.0. The highest BCUT2D eigenvalue weighted by molar-refractivity contribution is 5.20. The standard InChI is InChI=1S/C20H32N2O2/c1-2-8-18-16-23-17-19-15-21(12-13-22(18)19)11-6-7-14-24-20-9-4-3-5-10-20/h3-5,9-10,18-19H,2,6-8,11-17H2,1H3/t18-,19+/m0/s1. The van der Waals surface area contributed by atoms with Gasteiger partial charge in [-0.05, 0) is 37.9 Å². The van der Waals surface area contributed by atoms with Crippen LogP contribution in [0.15, 0.2) is 30.3 Å². The van der Waals surface area contributed by atoms with Crippen molar-refractivity contribution in [3.05, 3.63) is 30.3 Å². The average molecular weight is 332 g/mol. The van der Waals surface area contributed by atoms with E-state index in [0.717, 1.165) is 32.0 Å². The molecule has 2 heterocycles. The Balaban J connectivity index is 1.33. The maximum atomic E-state index is 5.86. The Morgan fingerprint density at radius 3 is 2.83 bits per heavy atom. The largest absolute Gasteiger partial charge is 0.494 e. The van der Waals surface area contributed by atoms with E-state index in [1.807, 2.05) is 30.3 Å². The van der Waals surface area contributed by atoms with Crippen molar-refractivity contribution in [1.82, 2.24) is 9.80 Å². The van der Waals surface area contributed by atoms with Crippen molar-refractivity contribution in [3.63, 3.8) is 0 Å². The second-order valence-corrected chi connectivity index (χ2v) is 7.04. The smallest absolute Gasteiger partial charge is 0.119 e. The van der Waals surface area contributed by atoms with Gasteiger partial charge in [0, 0.05) is 31.7 Å². The van der Waals surface area contributed by atoms with Crippen LogP contribution in [0.1, 0.15) is 32.6 Å². The van der Waals surface area contributed by atoms with Crippen LogP contribution in [0.5, 0.6) is 5.75 Å². The maximum absolute atomic E-state index is 5.86. The van der Waals surface area contributed by atoms with E-state index in [1.54, 1.807) is 0 Å². The molecule has 0 aromatic heterocycles. The van der Waals surface area contributed by atoms with Gasteiger partial charge in [0.2, 0.25) is 0 Å². The van der Waals surface area contributed by atoms with E-state index in [0.29, 0.717) is 12.1 Å². The Labute approximate surface area is 146 Å². The van der Waals surface area contributed by atoms with E-state index >= 15 is 0 Å². The van der Waals surface area contributed by atoms with Crippen molar-refractivity contribution in [3.8, 4) is 5.75 Å². The molecule has 0 radical (unpaired) electrons. The van der Waals surface area contributed by atoms with Gasteiger partial charge in [0.15, 0.2) is 0 Å². The van der Waals surface area contributed by atoms with Gasteiger partial charge in [0.25, 0.3) is 0 Å². The van der Waals surface area contributed by atoms with Crippen LogP contribution in [0.25, 0.3) is 0 Å². The number of nitrogens with zero attached hydrogens (tertiary/aromatic N) is 2. The molecular weight excluding hydrogens is 300 g/mol. The molecule has 0 N–H and O–H groups in total. The predicted molar refractivity (Wildman–Crippen MR) is 97.6 cm³/mol. The Morgan fingerprint density at radius 1 is 1.12 bits per heavy atom. The normalized spacial score (nSPS) is 25.4. The van der Waals surface area contributed by atoms with Gasteiger partial charge in [0.1, 0.15) is 5.75 Å². The molecule has 2 aliphatic rings. The van der Waals surface area contributed by atoms with Crippen molar-refractivity contribution in [1.29, 1.82) is 0 Å². The molecular formula is C20H32N2O2. The van der Waals surface area contributed by atoms with Gasteiger partial charge in [-0.25, -0.2) is 0 Å². The number of hydrogen-bond acceptors (Lipinski definition) is 4. The second-order valence-electron chi connectivity index (χ2n) is 7.04. The third-order valence-electron chi connectivity index (χ3n) is 5.20. The van der Waals surface area contributed by atoms with Crippen LogP contribution in [0.3, 0.4) is 0 Å². The van der Waals surface area contributed by atoms with Crippen molar-refractivity contribution in [2.75, 3.05) is 46.0 Å². The van der Waals surface area contributed by atoms with Gasteiger partial charge in [0.05, 0.1) is 19.8 Å². The highest BCUT2D eigenvalue weighted by Crippen LogP contribution is 2.21. The molecule has 0 spiro atoms. The average Bonchev–Trinajstić information content (AvgIpc) is 2.63. The molecule has 1 aromatic rings. The molecule has 0 amide bonds. The number of piperazine rings is 1. The Kier molecular flexibility index (Phi) is 6.94. The molecule has 0 bridgehead atoms. The number of rotatable bonds is 8. The SMILES string of the molecule is CCC[C@H]1COC[C@H]2CN(CCCCOc3ccccc3)CCN12. The summed E-state index contributed by atoms with van der Waals surface area (Å²) in [7, 11) is 0. The predicted octanol–water partition coefficient (Wildman–Crippen LogP) is 3.03. The van der Waals surface area contributed by atoms with Crippen LogP contribution in [0.4, 0.5) is 0 Å². The molecule has 0 unspecified atom stereocenters. The topological polar surface area (TPSA) is 24.9 Å².